The molecule has 0 heterocycles. The molecular formula is C21H24N2O2. The minimum atomic E-state index is -0.590. The number of rotatable bonds is 4. The molecule has 0 spiro atoms. The number of anilines is 1. The Kier molecular flexibility index (Phi) is 6.12. The first-order valence-corrected chi connectivity index (χ1v) is 8.22. The summed E-state index contributed by atoms with van der Waals surface area (Å²) in [4.78, 5) is 12.5. The van der Waals surface area contributed by atoms with E-state index >= 15 is 0 Å². The van der Waals surface area contributed by atoms with Crippen molar-refractivity contribution < 1.29 is 9.53 Å². The van der Waals surface area contributed by atoms with Crippen molar-refractivity contribution in [2.75, 3.05) is 5.01 Å². The Hall–Kier alpha value is -2.88. The highest BCUT2D eigenvalue weighted by atomic mass is 16.6. The van der Waals surface area contributed by atoms with Crippen molar-refractivity contribution in [1.82, 2.24) is 0 Å². The Bertz CT molecular complexity index is 744. The second-order valence-electron chi connectivity index (χ2n) is 6.61. The Balaban J connectivity index is 2.25. The van der Waals surface area contributed by atoms with Gasteiger partial charge in [-0.1, -0.05) is 54.6 Å². The molecule has 2 aromatic carbocycles. The van der Waals surface area contributed by atoms with Crippen LogP contribution in [0.3, 0.4) is 0 Å². The molecule has 2 rings (SSSR count). The topological polar surface area (TPSA) is 41.9 Å². The summed E-state index contributed by atoms with van der Waals surface area (Å²) >= 11 is 0. The van der Waals surface area contributed by atoms with Gasteiger partial charge in [-0.05, 0) is 51.5 Å². The van der Waals surface area contributed by atoms with Crippen LogP contribution in [0.5, 0.6) is 0 Å². The van der Waals surface area contributed by atoms with Crippen molar-refractivity contribution in [3.8, 4) is 0 Å². The van der Waals surface area contributed by atoms with Gasteiger partial charge in [-0.3, -0.25) is 0 Å². The van der Waals surface area contributed by atoms with Crippen LogP contribution in [0, 0.1) is 0 Å². The molecule has 25 heavy (non-hydrogen) atoms. The lowest BCUT2D eigenvalue weighted by Gasteiger charge is -2.24. The lowest BCUT2D eigenvalue weighted by molar-refractivity contribution is 0.0581. The maximum absolute atomic E-state index is 12.5. The molecule has 4 nitrogen and oxygen atoms in total. The monoisotopic (exact) mass is 336 g/mol. The molecule has 0 aromatic heterocycles. The van der Waals surface area contributed by atoms with E-state index in [1.807, 2.05) is 101 Å². The highest BCUT2D eigenvalue weighted by molar-refractivity contribution is 5.99. The zero-order valence-corrected chi connectivity index (χ0v) is 15.1. The van der Waals surface area contributed by atoms with Crippen LogP contribution in [0.2, 0.25) is 0 Å². The first-order chi connectivity index (χ1) is 11.8. The van der Waals surface area contributed by atoms with E-state index in [9.17, 15) is 4.79 Å². The summed E-state index contributed by atoms with van der Waals surface area (Å²) in [5, 5.41) is 5.72. The number of amides is 1. The third-order valence-electron chi connectivity index (χ3n) is 3.14. The summed E-state index contributed by atoms with van der Waals surface area (Å²) in [6, 6.07) is 19.2. The number of para-hydroxylation sites is 1. The SMILES string of the molecule is CC(/C=C/c1ccccc1)=N\N(C(=O)OC(C)(C)C)c1ccccc1. The number of hydrogen-bond acceptors (Lipinski definition) is 3. The number of nitrogens with zero attached hydrogens (tertiary/aromatic N) is 2. The zero-order valence-electron chi connectivity index (χ0n) is 15.1. The molecule has 130 valence electrons. The van der Waals surface area contributed by atoms with Crippen molar-refractivity contribution in [1.29, 1.82) is 0 Å². The molecule has 2 aromatic rings. The van der Waals surface area contributed by atoms with Crippen LogP contribution in [0.1, 0.15) is 33.3 Å². The van der Waals surface area contributed by atoms with E-state index in [0.29, 0.717) is 11.4 Å². The Morgan fingerprint density at radius 2 is 1.56 bits per heavy atom. The molecule has 0 N–H and O–H groups in total. The van der Waals surface area contributed by atoms with Crippen LogP contribution in [-0.2, 0) is 4.74 Å². The van der Waals surface area contributed by atoms with Crippen molar-refractivity contribution in [3.05, 3.63) is 72.3 Å². The molecule has 0 atom stereocenters. The predicted molar refractivity (Wildman–Crippen MR) is 104 cm³/mol. The molecule has 0 unspecified atom stereocenters. The number of carbonyl (C=O) groups is 1. The average molecular weight is 336 g/mol. The maximum Gasteiger partial charge on any atom is 0.435 e. The van der Waals surface area contributed by atoms with Gasteiger partial charge < -0.3 is 4.74 Å². The fourth-order valence-corrected chi connectivity index (χ4v) is 2.05. The van der Waals surface area contributed by atoms with Crippen LogP contribution < -0.4 is 5.01 Å². The first-order valence-electron chi connectivity index (χ1n) is 8.22. The zero-order chi connectivity index (χ0) is 18.3. The van der Waals surface area contributed by atoms with E-state index in [-0.39, 0.29) is 0 Å². The van der Waals surface area contributed by atoms with Gasteiger partial charge in [-0.25, -0.2) is 4.79 Å². The molecule has 0 radical (unpaired) electrons. The number of benzene rings is 2. The van der Waals surface area contributed by atoms with Gasteiger partial charge in [-0.2, -0.15) is 10.1 Å². The van der Waals surface area contributed by atoms with E-state index in [1.54, 1.807) is 0 Å². The van der Waals surface area contributed by atoms with Gasteiger partial charge in [0.25, 0.3) is 0 Å². The molecular weight excluding hydrogens is 312 g/mol. The second-order valence-corrected chi connectivity index (χ2v) is 6.61. The van der Waals surface area contributed by atoms with Crippen LogP contribution in [-0.4, -0.2) is 17.4 Å². The van der Waals surface area contributed by atoms with Crippen molar-refractivity contribution in [2.45, 2.75) is 33.3 Å². The van der Waals surface area contributed by atoms with Gasteiger partial charge in [0.05, 0.1) is 11.4 Å². The molecule has 0 saturated heterocycles. The van der Waals surface area contributed by atoms with Gasteiger partial charge in [-0.15, -0.1) is 0 Å². The maximum atomic E-state index is 12.5. The fraction of sp³-hybridized carbons (Fsp3) is 0.238. The lowest BCUT2D eigenvalue weighted by Crippen LogP contribution is -2.34. The third-order valence-corrected chi connectivity index (χ3v) is 3.14. The Labute approximate surface area is 149 Å². The van der Waals surface area contributed by atoms with Crippen LogP contribution in [0.4, 0.5) is 10.5 Å². The molecule has 1 amide bonds. The number of hydrazone groups is 1. The number of ether oxygens (including phenoxy) is 1. The Morgan fingerprint density at radius 1 is 1.00 bits per heavy atom. The highest BCUT2D eigenvalue weighted by Crippen LogP contribution is 2.18. The summed E-state index contributed by atoms with van der Waals surface area (Å²) in [6.07, 6.45) is 3.32. The number of hydrogen-bond donors (Lipinski definition) is 0. The quantitative estimate of drug-likeness (QED) is 0.545. The normalized spacial score (nSPS) is 12.2. The lowest BCUT2D eigenvalue weighted by atomic mass is 10.2. The van der Waals surface area contributed by atoms with E-state index < -0.39 is 11.7 Å². The molecule has 4 heteroatoms. The van der Waals surface area contributed by atoms with Gasteiger partial charge in [0.15, 0.2) is 0 Å². The van der Waals surface area contributed by atoms with Crippen molar-refractivity contribution in [2.24, 2.45) is 5.10 Å². The summed E-state index contributed by atoms with van der Waals surface area (Å²) in [6.45, 7) is 7.35. The molecule has 0 saturated carbocycles. The number of carbonyl (C=O) groups excluding carboxylic acids is 1. The largest absolute Gasteiger partial charge is 0.442 e. The summed E-state index contributed by atoms with van der Waals surface area (Å²) in [7, 11) is 0. The second kappa shape index (κ2) is 8.29. The minimum Gasteiger partial charge on any atom is -0.442 e. The molecule has 0 aliphatic heterocycles. The average Bonchev–Trinajstić information content (AvgIpc) is 2.58. The standard InChI is InChI=1S/C21H24N2O2/c1-17(15-16-18-11-7-5-8-12-18)22-23(19-13-9-6-10-14-19)20(24)25-21(2,3)4/h5-16H,1-4H3/b16-15+,22-17+. The molecule has 0 aliphatic carbocycles. The van der Waals surface area contributed by atoms with Crippen molar-refractivity contribution >= 4 is 23.6 Å². The van der Waals surface area contributed by atoms with Gasteiger partial charge in [0, 0.05) is 0 Å². The number of allylic oxidation sites excluding steroid dienone is 1. The minimum absolute atomic E-state index is 0.508. The van der Waals surface area contributed by atoms with E-state index in [4.69, 9.17) is 4.74 Å². The van der Waals surface area contributed by atoms with Gasteiger partial charge in [0.1, 0.15) is 5.60 Å². The van der Waals surface area contributed by atoms with E-state index in [0.717, 1.165) is 5.56 Å². The first kappa shape index (κ1) is 18.5. The smallest absolute Gasteiger partial charge is 0.435 e. The summed E-state index contributed by atoms with van der Waals surface area (Å²) in [5.41, 5.74) is 1.83. The highest BCUT2D eigenvalue weighted by Gasteiger charge is 2.23. The summed E-state index contributed by atoms with van der Waals surface area (Å²) in [5.74, 6) is 0. The molecule has 0 fully saturated rings. The predicted octanol–water partition coefficient (Wildman–Crippen LogP) is 5.52. The van der Waals surface area contributed by atoms with Crippen LogP contribution >= 0.6 is 0 Å². The van der Waals surface area contributed by atoms with E-state index in [2.05, 4.69) is 5.10 Å². The summed E-state index contributed by atoms with van der Waals surface area (Å²) < 4.78 is 5.47. The molecule has 0 aliphatic rings. The van der Waals surface area contributed by atoms with Gasteiger partial charge in [0.2, 0.25) is 0 Å². The fourth-order valence-electron chi connectivity index (χ4n) is 2.05. The third kappa shape index (κ3) is 6.26. The van der Waals surface area contributed by atoms with Crippen LogP contribution in [0.25, 0.3) is 6.08 Å². The Morgan fingerprint density at radius 3 is 2.12 bits per heavy atom. The molecule has 0 bridgehead atoms. The van der Waals surface area contributed by atoms with Crippen LogP contribution in [0.15, 0.2) is 71.8 Å². The van der Waals surface area contributed by atoms with Gasteiger partial charge >= 0.3 is 6.09 Å². The van der Waals surface area contributed by atoms with Crippen molar-refractivity contribution in [3.63, 3.8) is 0 Å². The van der Waals surface area contributed by atoms with E-state index in [1.165, 1.54) is 5.01 Å².